The molecule has 0 spiro atoms. The average Bonchev–Trinajstić information content (AvgIpc) is 2.74. The smallest absolute Gasteiger partial charge is 0.264 e. The van der Waals surface area contributed by atoms with Crippen molar-refractivity contribution in [3.8, 4) is 0 Å². The zero-order valence-corrected chi connectivity index (χ0v) is 19.2. The molecule has 0 N–H and O–H groups in total. The van der Waals surface area contributed by atoms with E-state index in [1.807, 2.05) is 69.3 Å². The maximum atomic E-state index is 13.6. The number of hydrogen-bond acceptors (Lipinski definition) is 3. The summed E-state index contributed by atoms with van der Waals surface area (Å²) in [6.07, 6.45) is 0. The first kappa shape index (κ1) is 22.6. The minimum absolute atomic E-state index is 0.164. The van der Waals surface area contributed by atoms with Crippen molar-refractivity contribution >= 4 is 21.6 Å². The van der Waals surface area contributed by atoms with E-state index in [9.17, 15) is 13.2 Å². The van der Waals surface area contributed by atoms with Gasteiger partial charge in [0.15, 0.2) is 0 Å². The van der Waals surface area contributed by atoms with Gasteiger partial charge in [-0.3, -0.25) is 9.10 Å². The van der Waals surface area contributed by atoms with E-state index in [1.54, 1.807) is 36.2 Å². The van der Waals surface area contributed by atoms with Gasteiger partial charge < -0.3 is 4.90 Å². The van der Waals surface area contributed by atoms with Gasteiger partial charge >= 0.3 is 0 Å². The Morgan fingerprint density at radius 3 is 2.10 bits per heavy atom. The summed E-state index contributed by atoms with van der Waals surface area (Å²) in [4.78, 5) is 14.8. The standard InChI is InChI=1S/C25H28N2O3S/c1-19-11-14-23(15-12-19)31(29,30)27(24-16-20(2)10-13-21(24)3)18-25(28)26(4)17-22-8-6-5-7-9-22/h5-16H,17-18H2,1-4H3. The second-order valence-electron chi connectivity index (χ2n) is 7.85. The number of aryl methyl sites for hydroxylation is 3. The lowest BCUT2D eigenvalue weighted by Gasteiger charge is -2.28. The molecule has 5 nitrogen and oxygen atoms in total. The Hall–Kier alpha value is -3.12. The summed E-state index contributed by atoms with van der Waals surface area (Å²) in [5.41, 5.74) is 4.19. The minimum atomic E-state index is -3.93. The molecule has 31 heavy (non-hydrogen) atoms. The molecule has 0 aliphatic carbocycles. The second kappa shape index (κ2) is 9.35. The molecule has 0 unspecified atom stereocenters. The summed E-state index contributed by atoms with van der Waals surface area (Å²) >= 11 is 0. The maximum absolute atomic E-state index is 13.6. The number of anilines is 1. The number of carbonyl (C=O) groups excluding carboxylic acids is 1. The Kier molecular flexibility index (Phi) is 6.81. The normalized spacial score (nSPS) is 11.2. The van der Waals surface area contributed by atoms with E-state index in [4.69, 9.17) is 0 Å². The van der Waals surface area contributed by atoms with Gasteiger partial charge in [0.1, 0.15) is 6.54 Å². The molecule has 3 rings (SSSR count). The van der Waals surface area contributed by atoms with E-state index in [0.29, 0.717) is 12.2 Å². The third kappa shape index (κ3) is 5.33. The van der Waals surface area contributed by atoms with Gasteiger partial charge in [-0.2, -0.15) is 0 Å². The fourth-order valence-electron chi connectivity index (χ4n) is 3.31. The molecular weight excluding hydrogens is 408 g/mol. The highest BCUT2D eigenvalue weighted by molar-refractivity contribution is 7.92. The Morgan fingerprint density at radius 1 is 0.839 bits per heavy atom. The Bertz CT molecular complexity index is 1160. The van der Waals surface area contributed by atoms with Crippen LogP contribution in [0.1, 0.15) is 22.3 Å². The molecule has 162 valence electrons. The van der Waals surface area contributed by atoms with E-state index in [-0.39, 0.29) is 17.3 Å². The fourth-order valence-corrected chi connectivity index (χ4v) is 4.78. The molecule has 0 aromatic heterocycles. The first-order chi connectivity index (χ1) is 14.7. The van der Waals surface area contributed by atoms with Crippen LogP contribution >= 0.6 is 0 Å². The first-order valence-corrected chi connectivity index (χ1v) is 11.6. The van der Waals surface area contributed by atoms with Crippen LogP contribution in [0.25, 0.3) is 0 Å². The van der Waals surface area contributed by atoms with Gasteiger partial charge in [-0.1, -0.05) is 60.2 Å². The van der Waals surface area contributed by atoms with Gasteiger partial charge in [0, 0.05) is 13.6 Å². The molecule has 0 fully saturated rings. The van der Waals surface area contributed by atoms with Crippen molar-refractivity contribution in [2.45, 2.75) is 32.2 Å². The van der Waals surface area contributed by atoms with Crippen LogP contribution in [0.5, 0.6) is 0 Å². The second-order valence-corrected chi connectivity index (χ2v) is 9.71. The molecule has 6 heteroatoms. The third-order valence-corrected chi connectivity index (χ3v) is 6.98. The zero-order valence-electron chi connectivity index (χ0n) is 18.4. The van der Waals surface area contributed by atoms with Crippen LogP contribution in [-0.2, 0) is 21.4 Å². The van der Waals surface area contributed by atoms with Crippen molar-refractivity contribution in [1.82, 2.24) is 4.90 Å². The molecule has 0 aliphatic rings. The van der Waals surface area contributed by atoms with Crippen molar-refractivity contribution in [3.63, 3.8) is 0 Å². The lowest BCUT2D eigenvalue weighted by atomic mass is 10.1. The van der Waals surface area contributed by atoms with Crippen molar-refractivity contribution in [2.75, 3.05) is 17.9 Å². The van der Waals surface area contributed by atoms with E-state index in [2.05, 4.69) is 0 Å². The Balaban J connectivity index is 1.97. The SMILES string of the molecule is Cc1ccc(S(=O)(=O)N(CC(=O)N(C)Cc2ccccc2)c2cc(C)ccc2C)cc1. The lowest BCUT2D eigenvalue weighted by Crippen LogP contribution is -2.41. The summed E-state index contributed by atoms with van der Waals surface area (Å²) in [6, 6.07) is 21.9. The molecule has 0 saturated heterocycles. The van der Waals surface area contributed by atoms with E-state index < -0.39 is 10.0 Å². The number of benzene rings is 3. The largest absolute Gasteiger partial charge is 0.340 e. The summed E-state index contributed by atoms with van der Waals surface area (Å²) in [6.45, 7) is 5.79. The van der Waals surface area contributed by atoms with Gasteiger partial charge in [-0.25, -0.2) is 8.42 Å². The summed E-state index contributed by atoms with van der Waals surface area (Å²) in [5, 5.41) is 0. The van der Waals surface area contributed by atoms with Crippen LogP contribution in [0.3, 0.4) is 0 Å². The van der Waals surface area contributed by atoms with Crippen molar-refractivity contribution in [2.24, 2.45) is 0 Å². The van der Waals surface area contributed by atoms with Gasteiger partial charge in [0.05, 0.1) is 10.6 Å². The molecule has 0 radical (unpaired) electrons. The number of nitrogens with zero attached hydrogens (tertiary/aromatic N) is 2. The van der Waals surface area contributed by atoms with Gasteiger partial charge in [0.25, 0.3) is 10.0 Å². The molecule has 0 atom stereocenters. The summed E-state index contributed by atoms with van der Waals surface area (Å²) in [5.74, 6) is -0.277. The molecular formula is C25H28N2O3S. The van der Waals surface area contributed by atoms with Crippen LogP contribution in [0, 0.1) is 20.8 Å². The van der Waals surface area contributed by atoms with Gasteiger partial charge in [0.2, 0.25) is 5.91 Å². The van der Waals surface area contributed by atoms with Crippen molar-refractivity contribution in [3.05, 3.63) is 95.1 Å². The van der Waals surface area contributed by atoms with Crippen LogP contribution in [0.2, 0.25) is 0 Å². The molecule has 1 amide bonds. The topological polar surface area (TPSA) is 57.7 Å². The Morgan fingerprint density at radius 2 is 1.45 bits per heavy atom. The predicted octanol–water partition coefficient (Wildman–Crippen LogP) is 4.47. The van der Waals surface area contributed by atoms with Crippen molar-refractivity contribution in [1.29, 1.82) is 0 Å². The molecule has 3 aromatic rings. The number of sulfonamides is 1. The van der Waals surface area contributed by atoms with Crippen LogP contribution < -0.4 is 4.31 Å². The lowest BCUT2D eigenvalue weighted by molar-refractivity contribution is -0.128. The highest BCUT2D eigenvalue weighted by atomic mass is 32.2. The van der Waals surface area contributed by atoms with Crippen molar-refractivity contribution < 1.29 is 13.2 Å². The van der Waals surface area contributed by atoms with Crippen LogP contribution in [-0.4, -0.2) is 32.8 Å². The number of hydrogen-bond donors (Lipinski definition) is 0. The highest BCUT2D eigenvalue weighted by Crippen LogP contribution is 2.28. The van der Waals surface area contributed by atoms with E-state index in [0.717, 1.165) is 22.3 Å². The molecule has 0 heterocycles. The fraction of sp³-hybridized carbons (Fsp3) is 0.240. The van der Waals surface area contributed by atoms with Crippen LogP contribution in [0.15, 0.2) is 77.7 Å². The number of amides is 1. The number of carbonyl (C=O) groups is 1. The van der Waals surface area contributed by atoms with E-state index >= 15 is 0 Å². The van der Waals surface area contributed by atoms with Gasteiger partial charge in [-0.05, 0) is 55.7 Å². The summed E-state index contributed by atoms with van der Waals surface area (Å²) in [7, 11) is -2.24. The minimum Gasteiger partial charge on any atom is -0.340 e. The molecule has 3 aromatic carbocycles. The van der Waals surface area contributed by atoms with Gasteiger partial charge in [-0.15, -0.1) is 0 Å². The molecule has 0 aliphatic heterocycles. The monoisotopic (exact) mass is 436 g/mol. The molecule has 0 bridgehead atoms. The number of likely N-dealkylation sites (N-methyl/N-ethyl adjacent to an activating group) is 1. The third-order valence-electron chi connectivity index (χ3n) is 5.21. The van der Waals surface area contributed by atoms with E-state index in [1.165, 1.54) is 4.31 Å². The average molecular weight is 437 g/mol. The van der Waals surface area contributed by atoms with Crippen LogP contribution in [0.4, 0.5) is 5.69 Å². The molecule has 0 saturated carbocycles. The first-order valence-electron chi connectivity index (χ1n) is 10.1. The predicted molar refractivity (Wildman–Crippen MR) is 125 cm³/mol. The zero-order chi connectivity index (χ0) is 22.6. The highest BCUT2D eigenvalue weighted by Gasteiger charge is 2.29. The number of rotatable bonds is 7. The maximum Gasteiger partial charge on any atom is 0.264 e. The Labute approximate surface area is 185 Å². The quantitative estimate of drug-likeness (QED) is 0.549. The summed E-state index contributed by atoms with van der Waals surface area (Å²) < 4.78 is 28.4.